The minimum atomic E-state index is 0. The largest absolute Gasteiger partial charge is 0.494 e. The first-order valence-corrected chi connectivity index (χ1v) is 10.3. The van der Waals surface area contributed by atoms with Gasteiger partial charge in [0.1, 0.15) is 17.6 Å². The zero-order valence-corrected chi connectivity index (χ0v) is 20.0. The molecule has 3 rings (SSSR count). The molecule has 0 aliphatic carbocycles. The number of piperidine rings is 1. The van der Waals surface area contributed by atoms with Crippen LogP contribution in [-0.4, -0.2) is 56.2 Å². The van der Waals surface area contributed by atoms with Crippen LogP contribution in [0.5, 0.6) is 11.5 Å². The van der Waals surface area contributed by atoms with Crippen molar-refractivity contribution < 1.29 is 14.3 Å². The standard InChI is InChI=1S/C21H32N4O3.HI/c1-4-27-18-11-16-10-15(2)28-19(16)12-17(18)13-23-21(22-3)24-14-20(26)25-8-6-5-7-9-25;/h11-12,15H,4-10,13-14H2,1-3H3,(H2,22,23,24);1H. The summed E-state index contributed by atoms with van der Waals surface area (Å²) in [6.45, 7) is 7.18. The lowest BCUT2D eigenvalue weighted by molar-refractivity contribution is -0.130. The SMILES string of the molecule is CCOc1cc2c(cc1CNC(=NC)NCC(=O)N1CCCCC1)OC(C)C2.I. The molecule has 2 N–H and O–H groups in total. The number of benzene rings is 1. The van der Waals surface area contributed by atoms with Gasteiger partial charge >= 0.3 is 0 Å². The van der Waals surface area contributed by atoms with Gasteiger partial charge in [0.05, 0.1) is 13.2 Å². The lowest BCUT2D eigenvalue weighted by atomic mass is 10.1. The number of nitrogens with zero attached hydrogens (tertiary/aromatic N) is 2. The molecule has 2 aliphatic heterocycles. The van der Waals surface area contributed by atoms with Crippen LogP contribution in [0.3, 0.4) is 0 Å². The number of carbonyl (C=O) groups excluding carboxylic acids is 1. The third-order valence-electron chi connectivity index (χ3n) is 5.16. The Bertz CT molecular complexity index is 720. The molecule has 1 unspecified atom stereocenters. The molecule has 1 atom stereocenters. The fraction of sp³-hybridized carbons (Fsp3) is 0.619. The molecule has 8 heteroatoms. The Morgan fingerprint density at radius 2 is 2.03 bits per heavy atom. The molecule has 0 spiro atoms. The summed E-state index contributed by atoms with van der Waals surface area (Å²) in [7, 11) is 1.71. The second-order valence-corrected chi connectivity index (χ2v) is 7.35. The Morgan fingerprint density at radius 3 is 2.72 bits per heavy atom. The number of hydrogen-bond donors (Lipinski definition) is 2. The Hall–Kier alpha value is -1.71. The molecule has 162 valence electrons. The second kappa shape index (κ2) is 11.5. The first kappa shape index (κ1) is 23.6. The Balaban J connectivity index is 0.00000300. The summed E-state index contributed by atoms with van der Waals surface area (Å²) in [5.74, 6) is 2.52. The number of amides is 1. The van der Waals surface area contributed by atoms with E-state index in [1.165, 1.54) is 12.0 Å². The predicted octanol–water partition coefficient (Wildman–Crippen LogP) is 2.70. The molecule has 7 nitrogen and oxygen atoms in total. The van der Waals surface area contributed by atoms with Crippen molar-refractivity contribution in [3.63, 3.8) is 0 Å². The van der Waals surface area contributed by atoms with E-state index in [1.807, 2.05) is 17.9 Å². The molecule has 2 heterocycles. The van der Waals surface area contributed by atoms with Crippen molar-refractivity contribution >= 4 is 35.8 Å². The molecule has 0 bridgehead atoms. The van der Waals surface area contributed by atoms with Gasteiger partial charge in [0.25, 0.3) is 0 Å². The summed E-state index contributed by atoms with van der Waals surface area (Å²) in [4.78, 5) is 18.5. The van der Waals surface area contributed by atoms with Gasteiger partial charge in [-0.15, -0.1) is 24.0 Å². The van der Waals surface area contributed by atoms with Gasteiger partial charge in [-0.1, -0.05) is 0 Å². The van der Waals surface area contributed by atoms with Crippen LogP contribution in [0.1, 0.15) is 44.2 Å². The highest BCUT2D eigenvalue weighted by Crippen LogP contribution is 2.35. The Labute approximate surface area is 190 Å². The van der Waals surface area contributed by atoms with Crippen molar-refractivity contribution in [1.82, 2.24) is 15.5 Å². The molecule has 2 aliphatic rings. The van der Waals surface area contributed by atoms with Crippen molar-refractivity contribution in [3.8, 4) is 11.5 Å². The van der Waals surface area contributed by atoms with Gasteiger partial charge in [0.2, 0.25) is 5.91 Å². The highest BCUT2D eigenvalue weighted by Gasteiger charge is 2.22. The molecule has 29 heavy (non-hydrogen) atoms. The number of aliphatic imine (C=N–C) groups is 1. The van der Waals surface area contributed by atoms with Crippen LogP contribution in [-0.2, 0) is 17.8 Å². The van der Waals surface area contributed by atoms with Gasteiger partial charge < -0.3 is 25.0 Å². The van der Waals surface area contributed by atoms with Crippen LogP contribution in [0, 0.1) is 0 Å². The van der Waals surface area contributed by atoms with E-state index in [2.05, 4.69) is 28.6 Å². The van der Waals surface area contributed by atoms with Crippen molar-refractivity contribution in [1.29, 1.82) is 0 Å². The molecule has 0 aromatic heterocycles. The van der Waals surface area contributed by atoms with Crippen LogP contribution in [0.15, 0.2) is 17.1 Å². The number of likely N-dealkylation sites (tertiary alicyclic amines) is 1. The van der Waals surface area contributed by atoms with E-state index in [1.54, 1.807) is 7.05 Å². The highest BCUT2D eigenvalue weighted by atomic mass is 127. The van der Waals surface area contributed by atoms with Gasteiger partial charge in [-0.3, -0.25) is 9.79 Å². The lowest BCUT2D eigenvalue weighted by Gasteiger charge is -2.27. The van der Waals surface area contributed by atoms with Crippen molar-refractivity contribution in [2.24, 2.45) is 4.99 Å². The summed E-state index contributed by atoms with van der Waals surface area (Å²) in [5.41, 5.74) is 2.20. The third kappa shape index (κ3) is 6.38. The minimum Gasteiger partial charge on any atom is -0.494 e. The van der Waals surface area contributed by atoms with Crippen molar-refractivity contribution in [3.05, 3.63) is 23.3 Å². The Morgan fingerprint density at radius 1 is 1.28 bits per heavy atom. The van der Waals surface area contributed by atoms with Gasteiger partial charge in [-0.2, -0.15) is 0 Å². The predicted molar refractivity (Wildman–Crippen MR) is 125 cm³/mol. The van der Waals surface area contributed by atoms with Crippen LogP contribution >= 0.6 is 24.0 Å². The lowest BCUT2D eigenvalue weighted by Crippen LogP contribution is -2.45. The third-order valence-corrected chi connectivity index (χ3v) is 5.16. The molecule has 1 amide bonds. The number of rotatable bonds is 6. The molecule has 1 aromatic rings. The average Bonchev–Trinajstić information content (AvgIpc) is 3.07. The minimum absolute atomic E-state index is 0. The van der Waals surface area contributed by atoms with Gasteiger partial charge in [0.15, 0.2) is 5.96 Å². The fourth-order valence-corrected chi connectivity index (χ4v) is 3.72. The number of carbonyl (C=O) groups is 1. The maximum atomic E-state index is 12.3. The zero-order valence-electron chi connectivity index (χ0n) is 17.6. The van der Waals surface area contributed by atoms with Gasteiger partial charge in [-0.05, 0) is 45.2 Å². The number of guanidine groups is 1. The van der Waals surface area contributed by atoms with E-state index in [-0.39, 0.29) is 42.5 Å². The Kier molecular flexibility index (Phi) is 9.32. The normalized spacial score (nSPS) is 18.4. The first-order valence-electron chi connectivity index (χ1n) is 10.3. The molecule has 0 saturated carbocycles. The number of halogens is 1. The van der Waals surface area contributed by atoms with Crippen molar-refractivity contribution in [2.45, 2.75) is 52.2 Å². The van der Waals surface area contributed by atoms with E-state index in [4.69, 9.17) is 9.47 Å². The maximum Gasteiger partial charge on any atom is 0.241 e. The highest BCUT2D eigenvalue weighted by molar-refractivity contribution is 14.0. The summed E-state index contributed by atoms with van der Waals surface area (Å²) < 4.78 is 11.7. The maximum absolute atomic E-state index is 12.3. The number of nitrogens with one attached hydrogen (secondary N) is 2. The number of ether oxygens (including phenoxy) is 2. The summed E-state index contributed by atoms with van der Waals surface area (Å²) in [5, 5.41) is 6.40. The van der Waals surface area contributed by atoms with Crippen LogP contribution in [0.2, 0.25) is 0 Å². The molecule has 1 saturated heterocycles. The fourth-order valence-electron chi connectivity index (χ4n) is 3.72. The first-order chi connectivity index (χ1) is 13.6. The van der Waals surface area contributed by atoms with Crippen LogP contribution < -0.4 is 20.1 Å². The number of hydrogen-bond acceptors (Lipinski definition) is 4. The summed E-state index contributed by atoms with van der Waals surface area (Å²) in [6, 6.07) is 4.12. The summed E-state index contributed by atoms with van der Waals surface area (Å²) >= 11 is 0. The van der Waals surface area contributed by atoms with Gasteiger partial charge in [0, 0.05) is 44.2 Å². The number of fused-ring (bicyclic) bond motifs is 1. The van der Waals surface area contributed by atoms with E-state index >= 15 is 0 Å². The second-order valence-electron chi connectivity index (χ2n) is 7.35. The van der Waals surface area contributed by atoms with Crippen molar-refractivity contribution in [2.75, 3.05) is 33.3 Å². The molecule has 1 aromatic carbocycles. The quantitative estimate of drug-likeness (QED) is 0.346. The van der Waals surface area contributed by atoms with Gasteiger partial charge in [-0.25, -0.2) is 0 Å². The molecule has 0 radical (unpaired) electrons. The monoisotopic (exact) mass is 516 g/mol. The summed E-state index contributed by atoms with van der Waals surface area (Å²) in [6.07, 6.45) is 4.51. The molecular weight excluding hydrogens is 483 g/mol. The topological polar surface area (TPSA) is 75.2 Å². The van der Waals surface area contributed by atoms with E-state index in [0.29, 0.717) is 19.1 Å². The molecular formula is C21H33IN4O3. The van der Waals surface area contributed by atoms with E-state index in [9.17, 15) is 4.79 Å². The van der Waals surface area contributed by atoms with Crippen LogP contribution in [0.25, 0.3) is 0 Å². The van der Waals surface area contributed by atoms with E-state index < -0.39 is 0 Å². The molecule has 1 fully saturated rings. The smallest absolute Gasteiger partial charge is 0.241 e. The van der Waals surface area contributed by atoms with Crippen LogP contribution in [0.4, 0.5) is 0 Å². The zero-order chi connectivity index (χ0) is 19.9. The average molecular weight is 516 g/mol. The van der Waals surface area contributed by atoms with E-state index in [0.717, 1.165) is 49.4 Å².